The van der Waals surface area contributed by atoms with Crippen molar-refractivity contribution in [2.75, 3.05) is 18.0 Å². The van der Waals surface area contributed by atoms with E-state index in [2.05, 4.69) is 41.2 Å². The molecule has 2 heterocycles. The highest BCUT2D eigenvalue weighted by Gasteiger charge is 2.23. The first-order valence-corrected chi connectivity index (χ1v) is 7.27. The highest BCUT2D eigenvalue weighted by atomic mass is 15.2. The molecule has 0 amide bonds. The lowest BCUT2D eigenvalue weighted by Gasteiger charge is -2.25. The van der Waals surface area contributed by atoms with Crippen molar-refractivity contribution in [3.8, 4) is 0 Å². The molecule has 1 saturated heterocycles. The molecule has 1 N–H and O–H groups in total. The van der Waals surface area contributed by atoms with Crippen molar-refractivity contribution < 1.29 is 0 Å². The number of anilines is 1. The fourth-order valence-electron chi connectivity index (χ4n) is 2.70. The van der Waals surface area contributed by atoms with Crippen molar-refractivity contribution in [2.24, 2.45) is 0 Å². The fraction of sp³-hybridized carbons (Fsp3) is 0.667. The van der Waals surface area contributed by atoms with E-state index in [1.165, 1.54) is 31.2 Å². The van der Waals surface area contributed by atoms with Gasteiger partial charge in [-0.05, 0) is 49.9 Å². The maximum absolute atomic E-state index is 4.55. The predicted octanol–water partition coefficient (Wildman–Crippen LogP) is 2.96. The molecule has 0 radical (unpaired) electrons. The molecule has 1 aromatic heterocycles. The van der Waals surface area contributed by atoms with Crippen LogP contribution in [-0.4, -0.2) is 24.1 Å². The average molecular weight is 247 g/mol. The zero-order chi connectivity index (χ0) is 12.8. The van der Waals surface area contributed by atoms with Gasteiger partial charge in [-0.15, -0.1) is 0 Å². The van der Waals surface area contributed by atoms with Gasteiger partial charge in [0.1, 0.15) is 5.82 Å². The molecule has 3 heteroatoms. The number of hydrogen-bond donors (Lipinski definition) is 1. The van der Waals surface area contributed by atoms with Gasteiger partial charge < -0.3 is 10.2 Å². The number of aromatic nitrogens is 1. The topological polar surface area (TPSA) is 28.2 Å². The number of rotatable bonds is 6. The Morgan fingerprint density at radius 1 is 1.44 bits per heavy atom. The van der Waals surface area contributed by atoms with Crippen LogP contribution < -0.4 is 10.2 Å². The lowest BCUT2D eigenvalue weighted by Crippen LogP contribution is -2.29. The van der Waals surface area contributed by atoms with E-state index in [9.17, 15) is 0 Å². The van der Waals surface area contributed by atoms with Gasteiger partial charge in [0, 0.05) is 25.3 Å². The van der Waals surface area contributed by atoms with Gasteiger partial charge in [-0.1, -0.05) is 13.8 Å². The van der Waals surface area contributed by atoms with E-state index in [4.69, 9.17) is 0 Å². The van der Waals surface area contributed by atoms with E-state index in [0.29, 0.717) is 6.04 Å². The fourth-order valence-corrected chi connectivity index (χ4v) is 2.70. The van der Waals surface area contributed by atoms with Crippen LogP contribution in [0.2, 0.25) is 0 Å². The molecule has 0 bridgehead atoms. The summed E-state index contributed by atoms with van der Waals surface area (Å²) in [5.74, 6) is 1.16. The number of pyridine rings is 1. The molecule has 1 unspecified atom stereocenters. The monoisotopic (exact) mass is 247 g/mol. The van der Waals surface area contributed by atoms with E-state index < -0.39 is 0 Å². The Labute approximate surface area is 111 Å². The third-order valence-corrected chi connectivity index (χ3v) is 3.71. The first-order valence-electron chi connectivity index (χ1n) is 7.27. The molecule has 0 aromatic carbocycles. The lowest BCUT2D eigenvalue weighted by atomic mass is 10.1. The van der Waals surface area contributed by atoms with Crippen molar-refractivity contribution in [3.63, 3.8) is 0 Å². The van der Waals surface area contributed by atoms with Crippen molar-refractivity contribution in [2.45, 2.75) is 52.1 Å². The van der Waals surface area contributed by atoms with Crippen LogP contribution in [0.15, 0.2) is 18.3 Å². The number of nitrogens with one attached hydrogen (secondary N) is 1. The first-order chi connectivity index (χ1) is 8.85. The minimum atomic E-state index is 0.691. The molecule has 2 rings (SSSR count). The molecule has 0 saturated carbocycles. The Bertz CT molecular complexity index is 365. The summed E-state index contributed by atoms with van der Waals surface area (Å²) < 4.78 is 0. The summed E-state index contributed by atoms with van der Waals surface area (Å²) in [4.78, 5) is 7.02. The van der Waals surface area contributed by atoms with Gasteiger partial charge in [0.2, 0.25) is 0 Å². The summed E-state index contributed by atoms with van der Waals surface area (Å²) in [5.41, 5.74) is 1.34. The van der Waals surface area contributed by atoms with Crippen LogP contribution in [0.5, 0.6) is 0 Å². The minimum Gasteiger partial charge on any atom is -0.354 e. The lowest BCUT2D eigenvalue weighted by molar-refractivity contribution is 0.638. The molecular weight excluding hydrogens is 222 g/mol. The van der Waals surface area contributed by atoms with Crippen LogP contribution in [-0.2, 0) is 6.54 Å². The van der Waals surface area contributed by atoms with Crippen LogP contribution in [0.25, 0.3) is 0 Å². The van der Waals surface area contributed by atoms with Gasteiger partial charge in [0.15, 0.2) is 0 Å². The number of hydrogen-bond acceptors (Lipinski definition) is 3. The van der Waals surface area contributed by atoms with Gasteiger partial charge in [0.25, 0.3) is 0 Å². The van der Waals surface area contributed by atoms with E-state index >= 15 is 0 Å². The molecule has 0 aliphatic carbocycles. The maximum atomic E-state index is 4.55. The van der Waals surface area contributed by atoms with Gasteiger partial charge in [-0.2, -0.15) is 0 Å². The average Bonchev–Trinajstić information content (AvgIpc) is 2.88. The molecule has 1 aliphatic heterocycles. The molecule has 3 nitrogen and oxygen atoms in total. The second-order valence-electron chi connectivity index (χ2n) is 5.10. The van der Waals surface area contributed by atoms with E-state index in [-0.39, 0.29) is 0 Å². The second kappa shape index (κ2) is 6.74. The van der Waals surface area contributed by atoms with Gasteiger partial charge in [0.05, 0.1) is 0 Å². The molecule has 1 aromatic rings. The smallest absolute Gasteiger partial charge is 0.129 e. The summed E-state index contributed by atoms with van der Waals surface area (Å²) >= 11 is 0. The van der Waals surface area contributed by atoms with Crippen LogP contribution >= 0.6 is 0 Å². The van der Waals surface area contributed by atoms with Crippen LogP contribution in [0, 0.1) is 0 Å². The van der Waals surface area contributed by atoms with E-state index in [0.717, 1.165) is 25.5 Å². The molecule has 1 fully saturated rings. The largest absolute Gasteiger partial charge is 0.354 e. The molecule has 0 spiro atoms. The Balaban J connectivity index is 2.02. The van der Waals surface area contributed by atoms with Gasteiger partial charge >= 0.3 is 0 Å². The first kappa shape index (κ1) is 13.3. The van der Waals surface area contributed by atoms with Crippen LogP contribution in [0.1, 0.15) is 45.1 Å². The zero-order valence-corrected chi connectivity index (χ0v) is 11.7. The summed E-state index contributed by atoms with van der Waals surface area (Å²) in [6, 6.07) is 5.05. The normalized spacial score (nSPS) is 19.4. The summed E-state index contributed by atoms with van der Waals surface area (Å²) in [6.45, 7) is 7.67. The van der Waals surface area contributed by atoms with Crippen molar-refractivity contribution in [3.05, 3.63) is 23.9 Å². The van der Waals surface area contributed by atoms with E-state index in [1.807, 2.05) is 6.20 Å². The Morgan fingerprint density at radius 2 is 2.33 bits per heavy atom. The highest BCUT2D eigenvalue weighted by molar-refractivity contribution is 5.43. The maximum Gasteiger partial charge on any atom is 0.129 e. The van der Waals surface area contributed by atoms with Crippen molar-refractivity contribution in [1.29, 1.82) is 0 Å². The molecule has 18 heavy (non-hydrogen) atoms. The van der Waals surface area contributed by atoms with E-state index in [1.54, 1.807) is 0 Å². The molecule has 100 valence electrons. The van der Waals surface area contributed by atoms with Crippen LogP contribution in [0.4, 0.5) is 5.82 Å². The van der Waals surface area contributed by atoms with Crippen molar-refractivity contribution in [1.82, 2.24) is 10.3 Å². The van der Waals surface area contributed by atoms with Crippen LogP contribution in [0.3, 0.4) is 0 Å². The Hall–Kier alpha value is -1.09. The molecule has 1 atom stereocenters. The zero-order valence-electron chi connectivity index (χ0n) is 11.7. The third kappa shape index (κ3) is 3.22. The Kier molecular flexibility index (Phi) is 5.00. The predicted molar refractivity (Wildman–Crippen MR) is 76.9 cm³/mol. The standard InChI is InChI=1S/C15H25N3/c1-3-8-16-12-13-7-9-17-15(11-13)18-10-5-6-14(18)4-2/h7,9,11,14,16H,3-6,8,10,12H2,1-2H3. The number of nitrogens with zero attached hydrogens (tertiary/aromatic N) is 2. The quantitative estimate of drug-likeness (QED) is 0.783. The Morgan fingerprint density at radius 3 is 3.11 bits per heavy atom. The third-order valence-electron chi connectivity index (χ3n) is 3.71. The second-order valence-corrected chi connectivity index (χ2v) is 5.10. The van der Waals surface area contributed by atoms with Crippen molar-refractivity contribution >= 4 is 5.82 Å². The summed E-state index contributed by atoms with van der Waals surface area (Å²) in [5, 5.41) is 3.45. The highest BCUT2D eigenvalue weighted by Crippen LogP contribution is 2.25. The SMILES string of the molecule is CCCNCc1ccnc(N2CCCC2CC)c1. The molecule has 1 aliphatic rings. The summed E-state index contributed by atoms with van der Waals surface area (Å²) in [6.07, 6.45) is 6.97. The minimum absolute atomic E-state index is 0.691. The summed E-state index contributed by atoms with van der Waals surface area (Å²) in [7, 11) is 0. The molecular formula is C15H25N3. The van der Waals surface area contributed by atoms with Gasteiger partial charge in [-0.25, -0.2) is 4.98 Å². The van der Waals surface area contributed by atoms with Gasteiger partial charge in [-0.3, -0.25) is 0 Å².